The molecule has 4 rings (SSSR count). The Balaban J connectivity index is 1.46. The summed E-state index contributed by atoms with van der Waals surface area (Å²) in [6.07, 6.45) is 1.48. The third kappa shape index (κ3) is 5.06. The summed E-state index contributed by atoms with van der Waals surface area (Å²) < 4.78 is 7.36. The number of ether oxygens (including phenoxy) is 1. The molecule has 0 spiro atoms. The van der Waals surface area contributed by atoms with Gasteiger partial charge in [-0.3, -0.25) is 4.79 Å². The van der Waals surface area contributed by atoms with E-state index in [-0.39, 0.29) is 5.91 Å². The molecule has 1 heterocycles. The summed E-state index contributed by atoms with van der Waals surface area (Å²) in [5.74, 6) is 1.49. The number of hydrogen-bond acceptors (Lipinski definition) is 3. The van der Waals surface area contributed by atoms with Crippen LogP contribution in [0.1, 0.15) is 28.2 Å². The highest BCUT2D eigenvalue weighted by Crippen LogP contribution is 2.25. The molecular weight excluding hydrogens is 445 g/mol. The molecule has 0 radical (unpaired) electrons. The third-order valence-electron chi connectivity index (χ3n) is 5.27. The lowest BCUT2D eigenvalue weighted by molar-refractivity contribution is 0.0953. The van der Waals surface area contributed by atoms with Crippen molar-refractivity contribution < 1.29 is 9.53 Å². The van der Waals surface area contributed by atoms with E-state index in [4.69, 9.17) is 32.9 Å². The number of imidazole rings is 1. The number of carbonyl (C=O) groups excluding carboxylic acids is 1. The fraction of sp³-hybridized carbons (Fsp3) is 0.200. The fourth-order valence-corrected chi connectivity index (χ4v) is 4.10. The molecule has 32 heavy (non-hydrogen) atoms. The molecule has 164 valence electrons. The van der Waals surface area contributed by atoms with Gasteiger partial charge in [0, 0.05) is 28.6 Å². The van der Waals surface area contributed by atoms with Crippen molar-refractivity contribution in [3.8, 4) is 5.75 Å². The van der Waals surface area contributed by atoms with Crippen molar-refractivity contribution in [1.29, 1.82) is 0 Å². The van der Waals surface area contributed by atoms with Gasteiger partial charge in [-0.25, -0.2) is 4.98 Å². The zero-order chi connectivity index (χ0) is 22.5. The topological polar surface area (TPSA) is 56.1 Å². The Bertz CT molecular complexity index is 1250. The van der Waals surface area contributed by atoms with Gasteiger partial charge in [0.15, 0.2) is 0 Å². The summed E-state index contributed by atoms with van der Waals surface area (Å²) in [5.41, 5.74) is 3.54. The minimum Gasteiger partial charge on any atom is -0.497 e. The molecule has 7 heteroatoms. The number of carbonyl (C=O) groups is 1. The molecular formula is C25H23Cl2N3O2. The Kier molecular flexibility index (Phi) is 6.98. The minimum atomic E-state index is -0.120. The molecule has 0 aliphatic heterocycles. The SMILES string of the molecule is COc1cccc(C(=O)NCCCc2nc3ccccc3n2Cc2ccc(Cl)cc2Cl)c1. The van der Waals surface area contributed by atoms with Crippen LogP contribution in [-0.2, 0) is 13.0 Å². The van der Waals surface area contributed by atoms with E-state index >= 15 is 0 Å². The summed E-state index contributed by atoms with van der Waals surface area (Å²) in [7, 11) is 1.58. The molecule has 0 aliphatic rings. The lowest BCUT2D eigenvalue weighted by atomic mass is 10.2. The quantitative estimate of drug-likeness (QED) is 0.335. The summed E-state index contributed by atoms with van der Waals surface area (Å²) in [4.78, 5) is 17.2. The molecule has 1 aromatic heterocycles. The van der Waals surface area contributed by atoms with Gasteiger partial charge in [0.25, 0.3) is 5.91 Å². The molecule has 0 saturated heterocycles. The Morgan fingerprint density at radius 1 is 1.06 bits per heavy atom. The average molecular weight is 468 g/mol. The van der Waals surface area contributed by atoms with E-state index in [0.29, 0.717) is 34.4 Å². The van der Waals surface area contributed by atoms with E-state index < -0.39 is 0 Å². The molecule has 0 unspecified atom stereocenters. The number of aryl methyl sites for hydroxylation is 1. The van der Waals surface area contributed by atoms with Crippen molar-refractivity contribution in [2.24, 2.45) is 0 Å². The molecule has 0 aliphatic carbocycles. The molecule has 1 N–H and O–H groups in total. The van der Waals surface area contributed by atoms with Gasteiger partial charge in [-0.2, -0.15) is 0 Å². The van der Waals surface area contributed by atoms with Gasteiger partial charge >= 0.3 is 0 Å². The Morgan fingerprint density at radius 2 is 1.91 bits per heavy atom. The van der Waals surface area contributed by atoms with Crippen LogP contribution in [0.2, 0.25) is 10.0 Å². The number of para-hydroxylation sites is 2. The van der Waals surface area contributed by atoms with Crippen molar-refractivity contribution in [3.63, 3.8) is 0 Å². The number of nitrogens with zero attached hydrogens (tertiary/aromatic N) is 2. The Labute approximate surface area is 196 Å². The Morgan fingerprint density at radius 3 is 2.72 bits per heavy atom. The summed E-state index contributed by atoms with van der Waals surface area (Å²) in [6.45, 7) is 1.14. The number of aromatic nitrogens is 2. The smallest absolute Gasteiger partial charge is 0.251 e. The molecule has 4 aromatic rings. The highest BCUT2D eigenvalue weighted by atomic mass is 35.5. The lowest BCUT2D eigenvalue weighted by Crippen LogP contribution is -2.25. The van der Waals surface area contributed by atoms with Crippen LogP contribution in [0.4, 0.5) is 0 Å². The number of halogens is 2. The van der Waals surface area contributed by atoms with Crippen molar-refractivity contribution in [3.05, 3.63) is 93.7 Å². The van der Waals surface area contributed by atoms with Crippen LogP contribution in [-0.4, -0.2) is 29.1 Å². The molecule has 0 saturated carbocycles. The molecule has 0 atom stereocenters. The zero-order valence-electron chi connectivity index (χ0n) is 17.6. The number of amides is 1. The first kappa shape index (κ1) is 22.2. The highest BCUT2D eigenvalue weighted by molar-refractivity contribution is 6.35. The van der Waals surface area contributed by atoms with Gasteiger partial charge in [0.05, 0.1) is 24.7 Å². The monoisotopic (exact) mass is 467 g/mol. The van der Waals surface area contributed by atoms with Gasteiger partial charge in [-0.05, 0) is 54.4 Å². The largest absolute Gasteiger partial charge is 0.497 e. The first-order chi connectivity index (χ1) is 15.5. The van der Waals surface area contributed by atoms with E-state index in [9.17, 15) is 4.79 Å². The van der Waals surface area contributed by atoms with E-state index in [2.05, 4.69) is 16.0 Å². The average Bonchev–Trinajstić information content (AvgIpc) is 3.15. The first-order valence-electron chi connectivity index (χ1n) is 10.4. The van der Waals surface area contributed by atoms with Gasteiger partial charge in [-0.15, -0.1) is 0 Å². The van der Waals surface area contributed by atoms with Crippen molar-refractivity contribution in [1.82, 2.24) is 14.9 Å². The van der Waals surface area contributed by atoms with Gasteiger partial charge < -0.3 is 14.6 Å². The number of benzene rings is 3. The molecule has 0 bridgehead atoms. The van der Waals surface area contributed by atoms with Crippen LogP contribution in [0.15, 0.2) is 66.7 Å². The van der Waals surface area contributed by atoms with Gasteiger partial charge in [0.1, 0.15) is 11.6 Å². The van der Waals surface area contributed by atoms with Crippen molar-refractivity contribution >= 4 is 40.1 Å². The minimum absolute atomic E-state index is 0.120. The number of nitrogens with one attached hydrogen (secondary N) is 1. The third-order valence-corrected chi connectivity index (χ3v) is 5.86. The number of hydrogen-bond donors (Lipinski definition) is 1. The fourth-order valence-electron chi connectivity index (χ4n) is 3.63. The van der Waals surface area contributed by atoms with Gasteiger partial charge in [0.2, 0.25) is 0 Å². The maximum absolute atomic E-state index is 12.4. The van der Waals surface area contributed by atoms with Crippen LogP contribution in [0.25, 0.3) is 11.0 Å². The van der Waals surface area contributed by atoms with Crippen LogP contribution >= 0.6 is 23.2 Å². The predicted octanol–water partition coefficient (Wildman–Crippen LogP) is 5.76. The van der Waals surface area contributed by atoms with E-state index in [1.807, 2.05) is 36.4 Å². The molecule has 1 amide bonds. The van der Waals surface area contributed by atoms with Gasteiger partial charge in [-0.1, -0.05) is 47.5 Å². The summed E-state index contributed by atoms with van der Waals surface area (Å²) in [6, 6.07) is 20.7. The zero-order valence-corrected chi connectivity index (χ0v) is 19.2. The van der Waals surface area contributed by atoms with Crippen LogP contribution in [0.3, 0.4) is 0 Å². The molecule has 0 fully saturated rings. The highest BCUT2D eigenvalue weighted by Gasteiger charge is 2.13. The number of methoxy groups -OCH3 is 1. The Hall–Kier alpha value is -3.02. The summed E-state index contributed by atoms with van der Waals surface area (Å²) >= 11 is 12.5. The second kappa shape index (κ2) is 10.1. The predicted molar refractivity (Wildman–Crippen MR) is 129 cm³/mol. The number of rotatable bonds is 8. The van der Waals surface area contributed by atoms with E-state index in [0.717, 1.165) is 35.3 Å². The maximum Gasteiger partial charge on any atom is 0.251 e. The standard InChI is InChI=1S/C25H23Cl2N3O2/c1-32-20-7-4-6-17(14-20)25(31)28-13-5-10-24-29-22-8-2-3-9-23(22)30(24)16-18-11-12-19(26)15-21(18)27/h2-4,6-9,11-12,14-15H,5,10,13,16H2,1H3,(H,28,31). The maximum atomic E-state index is 12.4. The summed E-state index contributed by atoms with van der Waals surface area (Å²) in [5, 5.41) is 4.22. The van der Waals surface area contributed by atoms with Crippen LogP contribution < -0.4 is 10.1 Å². The van der Waals surface area contributed by atoms with E-state index in [1.54, 1.807) is 31.4 Å². The molecule has 5 nitrogen and oxygen atoms in total. The molecule has 3 aromatic carbocycles. The van der Waals surface area contributed by atoms with E-state index in [1.165, 1.54) is 0 Å². The van der Waals surface area contributed by atoms with Crippen molar-refractivity contribution in [2.75, 3.05) is 13.7 Å². The first-order valence-corrected chi connectivity index (χ1v) is 11.1. The van der Waals surface area contributed by atoms with Crippen molar-refractivity contribution in [2.45, 2.75) is 19.4 Å². The van der Waals surface area contributed by atoms with Crippen LogP contribution in [0.5, 0.6) is 5.75 Å². The normalized spacial score (nSPS) is 11.0. The second-order valence-corrected chi connectivity index (χ2v) is 8.27. The lowest BCUT2D eigenvalue weighted by Gasteiger charge is -2.12. The van der Waals surface area contributed by atoms with Crippen LogP contribution in [0, 0.1) is 0 Å². The second-order valence-electron chi connectivity index (χ2n) is 7.43. The number of fused-ring (bicyclic) bond motifs is 1.